The maximum absolute atomic E-state index is 12.4. The Morgan fingerprint density at radius 3 is 2.46 bits per heavy atom. The average molecular weight is 401 g/mol. The van der Waals surface area contributed by atoms with Gasteiger partial charge in [-0.15, -0.1) is 0 Å². The fraction of sp³-hybridized carbons (Fsp3) is 0.300. The number of amides is 2. The lowest BCUT2D eigenvalue weighted by Gasteiger charge is -2.09. The Morgan fingerprint density at radius 1 is 1.04 bits per heavy atom. The predicted molar refractivity (Wildman–Crippen MR) is 105 cm³/mol. The van der Waals surface area contributed by atoms with Gasteiger partial charge in [-0.05, 0) is 61.1 Å². The standard InChI is InChI=1S/C20H23N3O4S/c21-19(24)16-4-1-3-14(11-16)9-10-22-20(25)17-5-2-6-18(12-17)28(26,27)23-13-15-7-8-15/h1-6,11-12,15,23H,7-10,13H2,(H2,21,24)(H,22,25). The van der Waals surface area contributed by atoms with Crippen LogP contribution >= 0.6 is 0 Å². The summed E-state index contributed by atoms with van der Waals surface area (Å²) in [6.45, 7) is 0.779. The van der Waals surface area contributed by atoms with E-state index in [0.29, 0.717) is 31.0 Å². The lowest BCUT2D eigenvalue weighted by atomic mass is 10.1. The third kappa shape index (κ3) is 5.40. The molecule has 0 aliphatic heterocycles. The van der Waals surface area contributed by atoms with Crippen molar-refractivity contribution in [2.75, 3.05) is 13.1 Å². The summed E-state index contributed by atoms with van der Waals surface area (Å²) in [5.41, 5.74) is 6.83. The molecule has 2 aromatic rings. The molecule has 1 aliphatic rings. The number of rotatable bonds is 9. The van der Waals surface area contributed by atoms with E-state index in [2.05, 4.69) is 10.0 Å². The Labute approximate surface area is 164 Å². The number of hydrogen-bond donors (Lipinski definition) is 3. The monoisotopic (exact) mass is 401 g/mol. The highest BCUT2D eigenvalue weighted by Crippen LogP contribution is 2.28. The second-order valence-electron chi connectivity index (χ2n) is 6.89. The maximum Gasteiger partial charge on any atom is 0.251 e. The zero-order chi connectivity index (χ0) is 20.1. The molecule has 7 nitrogen and oxygen atoms in total. The van der Waals surface area contributed by atoms with Crippen LogP contribution in [0, 0.1) is 5.92 Å². The molecule has 2 amide bonds. The van der Waals surface area contributed by atoms with Crippen molar-refractivity contribution in [2.45, 2.75) is 24.2 Å². The molecule has 28 heavy (non-hydrogen) atoms. The summed E-state index contributed by atoms with van der Waals surface area (Å²) in [4.78, 5) is 23.7. The zero-order valence-electron chi connectivity index (χ0n) is 15.4. The number of carbonyl (C=O) groups excluding carboxylic acids is 2. The first kappa shape index (κ1) is 20.0. The van der Waals surface area contributed by atoms with Gasteiger partial charge in [0.2, 0.25) is 15.9 Å². The molecule has 4 N–H and O–H groups in total. The molecule has 0 aromatic heterocycles. The van der Waals surface area contributed by atoms with Gasteiger partial charge >= 0.3 is 0 Å². The zero-order valence-corrected chi connectivity index (χ0v) is 16.2. The highest BCUT2D eigenvalue weighted by molar-refractivity contribution is 7.89. The maximum atomic E-state index is 12.4. The number of sulfonamides is 1. The van der Waals surface area contributed by atoms with Crippen molar-refractivity contribution in [3.05, 3.63) is 65.2 Å². The Morgan fingerprint density at radius 2 is 1.75 bits per heavy atom. The molecular weight excluding hydrogens is 378 g/mol. The van der Waals surface area contributed by atoms with Crippen LogP contribution in [0.1, 0.15) is 39.1 Å². The molecule has 3 rings (SSSR count). The predicted octanol–water partition coefficient (Wildman–Crippen LogP) is 1.45. The van der Waals surface area contributed by atoms with Crippen LogP contribution in [0.2, 0.25) is 0 Å². The largest absolute Gasteiger partial charge is 0.366 e. The highest BCUT2D eigenvalue weighted by atomic mass is 32.2. The van der Waals surface area contributed by atoms with Crippen molar-refractivity contribution >= 4 is 21.8 Å². The Bertz CT molecular complexity index is 984. The molecular formula is C20H23N3O4S. The first-order chi connectivity index (χ1) is 13.3. The van der Waals surface area contributed by atoms with E-state index >= 15 is 0 Å². The van der Waals surface area contributed by atoms with E-state index in [9.17, 15) is 18.0 Å². The lowest BCUT2D eigenvalue weighted by Crippen LogP contribution is -2.28. The van der Waals surface area contributed by atoms with Gasteiger partial charge in [0.05, 0.1) is 4.90 Å². The van der Waals surface area contributed by atoms with Gasteiger partial charge in [0.15, 0.2) is 0 Å². The van der Waals surface area contributed by atoms with E-state index in [1.54, 1.807) is 30.3 Å². The van der Waals surface area contributed by atoms with Gasteiger partial charge in [0, 0.05) is 24.2 Å². The molecule has 2 aromatic carbocycles. The quantitative estimate of drug-likeness (QED) is 0.589. The minimum absolute atomic E-state index is 0.0787. The van der Waals surface area contributed by atoms with E-state index in [4.69, 9.17) is 5.73 Å². The van der Waals surface area contributed by atoms with Crippen LogP contribution in [0.5, 0.6) is 0 Å². The number of nitrogens with one attached hydrogen (secondary N) is 2. The van der Waals surface area contributed by atoms with Gasteiger partial charge < -0.3 is 11.1 Å². The van der Waals surface area contributed by atoms with E-state index in [-0.39, 0.29) is 16.4 Å². The second-order valence-corrected chi connectivity index (χ2v) is 8.66. The van der Waals surface area contributed by atoms with E-state index in [0.717, 1.165) is 18.4 Å². The molecule has 0 saturated heterocycles. The van der Waals surface area contributed by atoms with Gasteiger partial charge in [-0.2, -0.15) is 0 Å². The molecule has 1 saturated carbocycles. The summed E-state index contributed by atoms with van der Waals surface area (Å²) >= 11 is 0. The number of carbonyl (C=O) groups is 2. The first-order valence-corrected chi connectivity index (χ1v) is 10.6. The smallest absolute Gasteiger partial charge is 0.251 e. The van der Waals surface area contributed by atoms with Gasteiger partial charge in [-0.25, -0.2) is 13.1 Å². The molecule has 1 aliphatic carbocycles. The van der Waals surface area contributed by atoms with Crippen LogP contribution in [-0.4, -0.2) is 33.3 Å². The van der Waals surface area contributed by atoms with Crippen molar-refractivity contribution in [3.63, 3.8) is 0 Å². The minimum atomic E-state index is -3.62. The molecule has 8 heteroatoms. The van der Waals surface area contributed by atoms with Crippen molar-refractivity contribution in [1.82, 2.24) is 10.0 Å². The van der Waals surface area contributed by atoms with Gasteiger partial charge in [-0.1, -0.05) is 18.2 Å². The van der Waals surface area contributed by atoms with Crippen LogP contribution in [0.4, 0.5) is 0 Å². The van der Waals surface area contributed by atoms with Gasteiger partial charge in [0.1, 0.15) is 0 Å². The third-order valence-corrected chi connectivity index (χ3v) is 6.00. The number of hydrogen-bond acceptors (Lipinski definition) is 4. The molecule has 148 valence electrons. The second kappa shape index (κ2) is 8.53. The fourth-order valence-electron chi connectivity index (χ4n) is 2.74. The van der Waals surface area contributed by atoms with Crippen LogP contribution < -0.4 is 15.8 Å². The average Bonchev–Trinajstić information content (AvgIpc) is 3.51. The number of primary amides is 1. The Balaban J connectivity index is 1.58. The van der Waals surface area contributed by atoms with Crippen LogP contribution in [0.25, 0.3) is 0 Å². The van der Waals surface area contributed by atoms with Crippen molar-refractivity contribution < 1.29 is 18.0 Å². The van der Waals surface area contributed by atoms with Crippen LogP contribution in [0.3, 0.4) is 0 Å². The molecule has 1 fully saturated rings. The molecule has 0 spiro atoms. The van der Waals surface area contributed by atoms with Crippen molar-refractivity contribution in [1.29, 1.82) is 0 Å². The summed E-state index contributed by atoms with van der Waals surface area (Å²) < 4.78 is 27.3. The summed E-state index contributed by atoms with van der Waals surface area (Å²) in [6.07, 6.45) is 2.62. The summed E-state index contributed by atoms with van der Waals surface area (Å²) in [7, 11) is -3.62. The molecule has 0 radical (unpaired) electrons. The Hall–Kier alpha value is -2.71. The van der Waals surface area contributed by atoms with Crippen molar-refractivity contribution in [2.24, 2.45) is 11.7 Å². The third-order valence-electron chi connectivity index (χ3n) is 4.58. The molecule has 0 bridgehead atoms. The van der Waals surface area contributed by atoms with Gasteiger partial charge in [0.25, 0.3) is 5.91 Å². The summed E-state index contributed by atoms with van der Waals surface area (Å²) in [5, 5.41) is 2.76. The van der Waals surface area contributed by atoms with E-state index < -0.39 is 15.9 Å². The number of nitrogens with two attached hydrogens (primary N) is 1. The Kier molecular flexibility index (Phi) is 6.11. The topological polar surface area (TPSA) is 118 Å². The lowest BCUT2D eigenvalue weighted by molar-refractivity contribution is 0.0952. The van der Waals surface area contributed by atoms with Crippen LogP contribution in [0.15, 0.2) is 53.4 Å². The molecule has 0 unspecified atom stereocenters. The molecule has 0 atom stereocenters. The van der Waals surface area contributed by atoms with Crippen LogP contribution in [-0.2, 0) is 16.4 Å². The normalized spacial score (nSPS) is 13.9. The molecule has 0 heterocycles. The van der Waals surface area contributed by atoms with E-state index in [1.807, 2.05) is 6.07 Å². The van der Waals surface area contributed by atoms with Crippen molar-refractivity contribution in [3.8, 4) is 0 Å². The van der Waals surface area contributed by atoms with E-state index in [1.165, 1.54) is 12.1 Å². The first-order valence-electron chi connectivity index (χ1n) is 9.12. The minimum Gasteiger partial charge on any atom is -0.366 e. The summed E-state index contributed by atoms with van der Waals surface area (Å²) in [5.74, 6) is -0.432. The highest BCUT2D eigenvalue weighted by Gasteiger charge is 2.24. The summed E-state index contributed by atoms with van der Waals surface area (Å²) in [6, 6.07) is 12.9. The SMILES string of the molecule is NC(=O)c1cccc(CCNC(=O)c2cccc(S(=O)(=O)NCC3CC3)c2)c1. The van der Waals surface area contributed by atoms with Gasteiger partial charge in [-0.3, -0.25) is 9.59 Å². The fourth-order valence-corrected chi connectivity index (χ4v) is 3.90. The number of benzene rings is 2.